The predicted octanol–water partition coefficient (Wildman–Crippen LogP) is 4.14. The van der Waals surface area contributed by atoms with Gasteiger partial charge in [-0.1, -0.05) is 26.8 Å². The number of aliphatic hydroxyl groups excluding tert-OH is 3. The van der Waals surface area contributed by atoms with E-state index in [0.29, 0.717) is 18.8 Å². The molecule has 4 fully saturated rings. The third-order valence-electron chi connectivity index (χ3n) is 11.4. The van der Waals surface area contributed by atoms with Gasteiger partial charge in [-0.2, -0.15) is 0 Å². The number of aliphatic hydroxyl groups is 3. The fourth-order valence-electron chi connectivity index (χ4n) is 9.37. The number of carbonyl (C=O) groups excluding carboxylic acids is 2. The van der Waals surface area contributed by atoms with E-state index in [0.717, 1.165) is 38.5 Å². The average Bonchev–Trinajstić information content (AvgIpc) is 3.23. The number of rotatable bonds is 5. The molecule has 0 aliphatic heterocycles. The van der Waals surface area contributed by atoms with Gasteiger partial charge < -0.3 is 20.1 Å². The number of aromatic nitrogens is 1. The van der Waals surface area contributed by atoms with Crippen LogP contribution in [-0.2, 0) is 9.53 Å². The standard InChI is InChI=1S/C30H43NO6/c1-17(7-10-26(35)37-28(36)23-6-4-5-13-31-23)20-8-9-21-27-22(16-25(34)30(20,21)3)29(2)12-11-19(32)14-18(29)15-24(27)33/h4-6,13,17-22,24-25,27,32-34H,7-12,14-16H2,1-3H3. The molecule has 3 N–H and O–H groups in total. The molecule has 37 heavy (non-hydrogen) atoms. The van der Waals surface area contributed by atoms with E-state index < -0.39 is 24.1 Å². The summed E-state index contributed by atoms with van der Waals surface area (Å²) in [6.45, 7) is 6.69. The Morgan fingerprint density at radius 1 is 1.08 bits per heavy atom. The van der Waals surface area contributed by atoms with Crippen molar-refractivity contribution in [2.75, 3.05) is 0 Å². The highest BCUT2D eigenvalue weighted by Gasteiger charge is 2.65. The van der Waals surface area contributed by atoms with E-state index in [1.807, 2.05) is 0 Å². The molecule has 1 aromatic rings. The van der Waals surface area contributed by atoms with Crippen LogP contribution >= 0.6 is 0 Å². The maximum Gasteiger partial charge on any atom is 0.364 e. The summed E-state index contributed by atoms with van der Waals surface area (Å²) in [5.41, 5.74) is -0.143. The monoisotopic (exact) mass is 513 g/mol. The van der Waals surface area contributed by atoms with Crippen LogP contribution < -0.4 is 0 Å². The van der Waals surface area contributed by atoms with E-state index in [-0.39, 0.29) is 58.6 Å². The van der Waals surface area contributed by atoms with Crippen molar-refractivity contribution in [1.82, 2.24) is 4.98 Å². The number of nitrogens with zero attached hydrogens (tertiary/aromatic N) is 1. The summed E-state index contributed by atoms with van der Waals surface area (Å²) < 4.78 is 5.02. The van der Waals surface area contributed by atoms with Crippen LogP contribution in [0.25, 0.3) is 0 Å². The van der Waals surface area contributed by atoms with Crippen molar-refractivity contribution in [3.05, 3.63) is 30.1 Å². The molecule has 0 aromatic carbocycles. The molecule has 11 atom stereocenters. The van der Waals surface area contributed by atoms with Gasteiger partial charge in [-0.05, 0) is 110 Å². The van der Waals surface area contributed by atoms with Gasteiger partial charge in [-0.25, -0.2) is 9.78 Å². The fraction of sp³-hybridized carbons (Fsp3) is 0.767. The molecule has 0 amide bonds. The van der Waals surface area contributed by atoms with E-state index in [9.17, 15) is 24.9 Å². The molecule has 7 nitrogen and oxygen atoms in total. The summed E-state index contributed by atoms with van der Waals surface area (Å²) in [7, 11) is 0. The number of hydrogen-bond donors (Lipinski definition) is 3. The molecule has 5 rings (SSSR count). The van der Waals surface area contributed by atoms with Gasteiger partial charge in [0.2, 0.25) is 0 Å². The van der Waals surface area contributed by atoms with Crippen LogP contribution in [-0.4, -0.2) is 50.6 Å². The van der Waals surface area contributed by atoms with Crippen molar-refractivity contribution in [3.8, 4) is 0 Å². The summed E-state index contributed by atoms with van der Waals surface area (Å²) in [4.78, 5) is 28.5. The van der Waals surface area contributed by atoms with E-state index >= 15 is 0 Å². The largest absolute Gasteiger partial charge is 0.393 e. The zero-order valence-corrected chi connectivity index (χ0v) is 22.4. The number of ether oxygens (including phenoxy) is 1. The van der Waals surface area contributed by atoms with Crippen molar-refractivity contribution in [2.24, 2.45) is 46.3 Å². The van der Waals surface area contributed by atoms with Crippen LogP contribution in [0.5, 0.6) is 0 Å². The summed E-state index contributed by atoms with van der Waals surface area (Å²) >= 11 is 0. The topological polar surface area (TPSA) is 117 Å². The fourth-order valence-corrected chi connectivity index (χ4v) is 9.37. The molecule has 0 saturated heterocycles. The SMILES string of the molecule is CC(CCC(=O)OC(=O)c1ccccn1)C1CCC2C3C(O)CC4CC(O)CCC4(C)C3CC(O)C12C. The highest BCUT2D eigenvalue weighted by molar-refractivity contribution is 5.95. The number of carbonyl (C=O) groups is 2. The molecule has 7 heteroatoms. The van der Waals surface area contributed by atoms with Gasteiger partial charge in [0.15, 0.2) is 0 Å². The molecule has 1 heterocycles. The Morgan fingerprint density at radius 2 is 1.86 bits per heavy atom. The molecule has 4 aliphatic rings. The Labute approximate surface area is 220 Å². The first kappa shape index (κ1) is 26.8. The van der Waals surface area contributed by atoms with Crippen molar-refractivity contribution in [1.29, 1.82) is 0 Å². The van der Waals surface area contributed by atoms with E-state index in [1.54, 1.807) is 12.1 Å². The lowest BCUT2D eigenvalue weighted by atomic mass is 9.43. The molecular formula is C30H43NO6. The van der Waals surface area contributed by atoms with Crippen LogP contribution in [0.15, 0.2) is 24.4 Å². The lowest BCUT2D eigenvalue weighted by molar-refractivity contribution is -0.207. The lowest BCUT2D eigenvalue weighted by Crippen LogP contribution is -2.62. The third-order valence-corrected chi connectivity index (χ3v) is 11.4. The summed E-state index contributed by atoms with van der Waals surface area (Å²) in [5.74, 6) is 0.115. The Balaban J connectivity index is 1.26. The first-order chi connectivity index (χ1) is 17.6. The first-order valence-electron chi connectivity index (χ1n) is 14.3. The molecule has 11 unspecified atom stereocenters. The molecule has 0 radical (unpaired) electrons. The minimum atomic E-state index is -0.729. The second kappa shape index (κ2) is 10.0. The van der Waals surface area contributed by atoms with Crippen LogP contribution in [0.4, 0.5) is 0 Å². The zero-order chi connectivity index (χ0) is 26.5. The van der Waals surface area contributed by atoms with Gasteiger partial charge in [-0.15, -0.1) is 0 Å². The predicted molar refractivity (Wildman–Crippen MR) is 137 cm³/mol. The molecule has 0 bridgehead atoms. The molecule has 4 aliphatic carbocycles. The quantitative estimate of drug-likeness (QED) is 0.400. The maximum absolute atomic E-state index is 12.4. The van der Waals surface area contributed by atoms with Crippen molar-refractivity contribution < 1.29 is 29.6 Å². The Bertz CT molecular complexity index is 1000. The molecule has 4 saturated carbocycles. The second-order valence-corrected chi connectivity index (χ2v) is 13.0. The van der Waals surface area contributed by atoms with Gasteiger partial charge in [0.1, 0.15) is 5.69 Å². The van der Waals surface area contributed by atoms with E-state index in [4.69, 9.17) is 4.74 Å². The summed E-state index contributed by atoms with van der Waals surface area (Å²) in [6, 6.07) is 4.89. The van der Waals surface area contributed by atoms with Crippen LogP contribution in [0.3, 0.4) is 0 Å². The van der Waals surface area contributed by atoms with Crippen molar-refractivity contribution in [3.63, 3.8) is 0 Å². The minimum absolute atomic E-state index is 0.0546. The van der Waals surface area contributed by atoms with Gasteiger partial charge in [0.05, 0.1) is 18.3 Å². The number of esters is 2. The average molecular weight is 514 g/mol. The Kier molecular flexibility index (Phi) is 7.27. The second-order valence-electron chi connectivity index (χ2n) is 13.0. The highest BCUT2D eigenvalue weighted by Crippen LogP contribution is 2.68. The minimum Gasteiger partial charge on any atom is -0.393 e. The Hall–Kier alpha value is -1.83. The van der Waals surface area contributed by atoms with Gasteiger partial charge in [-0.3, -0.25) is 4.79 Å². The highest BCUT2D eigenvalue weighted by atomic mass is 16.6. The number of hydrogen-bond acceptors (Lipinski definition) is 7. The molecular weight excluding hydrogens is 470 g/mol. The summed E-state index contributed by atoms with van der Waals surface area (Å²) in [5, 5.41) is 33.4. The van der Waals surface area contributed by atoms with Gasteiger partial charge in [0, 0.05) is 12.6 Å². The zero-order valence-electron chi connectivity index (χ0n) is 22.4. The number of pyridine rings is 1. The molecule has 1 aromatic heterocycles. The third kappa shape index (κ3) is 4.55. The van der Waals surface area contributed by atoms with Crippen molar-refractivity contribution >= 4 is 11.9 Å². The normalized spacial score (nSPS) is 43.7. The maximum atomic E-state index is 12.4. The summed E-state index contributed by atoms with van der Waals surface area (Å²) in [6.07, 6.45) is 7.00. The van der Waals surface area contributed by atoms with Gasteiger partial charge in [0.25, 0.3) is 0 Å². The van der Waals surface area contributed by atoms with E-state index in [2.05, 4.69) is 25.8 Å². The molecule has 204 valence electrons. The van der Waals surface area contributed by atoms with Gasteiger partial charge >= 0.3 is 11.9 Å². The number of fused-ring (bicyclic) bond motifs is 5. The van der Waals surface area contributed by atoms with Crippen LogP contribution in [0.2, 0.25) is 0 Å². The van der Waals surface area contributed by atoms with Crippen LogP contribution in [0.1, 0.15) is 89.0 Å². The Morgan fingerprint density at radius 3 is 2.59 bits per heavy atom. The van der Waals surface area contributed by atoms with Crippen LogP contribution in [0, 0.1) is 46.3 Å². The lowest BCUT2D eigenvalue weighted by Gasteiger charge is -2.63. The smallest absolute Gasteiger partial charge is 0.364 e. The first-order valence-corrected chi connectivity index (χ1v) is 14.3. The van der Waals surface area contributed by atoms with Crippen molar-refractivity contribution in [2.45, 2.75) is 96.9 Å². The van der Waals surface area contributed by atoms with E-state index in [1.165, 1.54) is 12.3 Å². The molecule has 0 spiro atoms.